The zero-order valence-electron chi connectivity index (χ0n) is 31.8. The van der Waals surface area contributed by atoms with E-state index in [2.05, 4.69) is 205 Å². The first-order chi connectivity index (χ1) is 27.6. The molecule has 0 spiro atoms. The second-order valence-corrected chi connectivity index (χ2v) is 15.8. The highest BCUT2D eigenvalue weighted by molar-refractivity contribution is 6.12. The Bertz CT molecular complexity index is 3050. The van der Waals surface area contributed by atoms with Gasteiger partial charge in [-0.15, -0.1) is 0 Å². The van der Waals surface area contributed by atoms with Crippen LogP contribution in [0.3, 0.4) is 0 Å². The van der Waals surface area contributed by atoms with Crippen molar-refractivity contribution in [3.05, 3.63) is 192 Å². The summed E-state index contributed by atoms with van der Waals surface area (Å²) in [5.74, 6) is 0.974. The molecule has 1 heterocycles. The Hall–Kier alpha value is -6.64. The number of anilines is 3. The van der Waals surface area contributed by atoms with E-state index in [0.717, 1.165) is 29.9 Å². The van der Waals surface area contributed by atoms with Gasteiger partial charge in [-0.25, -0.2) is 0 Å². The van der Waals surface area contributed by atoms with Crippen molar-refractivity contribution in [2.24, 2.45) is 5.92 Å². The molecule has 2 heteroatoms. The van der Waals surface area contributed by atoms with E-state index in [0.29, 0.717) is 11.8 Å². The van der Waals surface area contributed by atoms with Crippen LogP contribution in [0.2, 0.25) is 0 Å². The molecule has 11 rings (SSSR count). The standard InChI is InChI=1S/C54H42N2/c1-35-22-30-48-49(32-35)54-47(46-18-10-12-36(2)53(46)48)19-11-21-51(54)55(41-15-4-3-5-16-41)43-29-31-45-44-17-8-9-20-50(44)56(52(45)34-43)42-27-25-38(26-28-42)40-24-23-37-13-6-7-14-39(37)33-40/h3-11,13-31,33-36H,12,32H2,1-2H3. The highest BCUT2D eigenvalue weighted by atomic mass is 15.1. The third-order valence-corrected chi connectivity index (χ3v) is 12.3. The lowest BCUT2D eigenvalue weighted by Gasteiger charge is -2.32. The number of aromatic nitrogens is 1. The highest BCUT2D eigenvalue weighted by Crippen LogP contribution is 2.49. The van der Waals surface area contributed by atoms with Crippen molar-refractivity contribution in [1.82, 2.24) is 4.57 Å². The Morgan fingerprint density at radius 3 is 2.18 bits per heavy atom. The molecule has 0 fully saturated rings. The van der Waals surface area contributed by atoms with Gasteiger partial charge in [-0.3, -0.25) is 0 Å². The molecule has 0 radical (unpaired) electrons. The van der Waals surface area contributed by atoms with Crippen molar-refractivity contribution in [2.45, 2.75) is 32.6 Å². The lowest BCUT2D eigenvalue weighted by molar-refractivity contribution is 0.711. The highest BCUT2D eigenvalue weighted by Gasteiger charge is 2.28. The van der Waals surface area contributed by atoms with Crippen molar-refractivity contribution in [3.63, 3.8) is 0 Å². The topological polar surface area (TPSA) is 8.17 Å². The summed E-state index contributed by atoms with van der Waals surface area (Å²) in [6.07, 6.45) is 11.7. The van der Waals surface area contributed by atoms with Gasteiger partial charge in [-0.2, -0.15) is 0 Å². The third kappa shape index (κ3) is 5.17. The minimum absolute atomic E-state index is 0.483. The van der Waals surface area contributed by atoms with Crippen LogP contribution in [0.4, 0.5) is 17.1 Å². The normalized spacial score (nSPS) is 16.1. The predicted octanol–water partition coefficient (Wildman–Crippen LogP) is 15.0. The van der Waals surface area contributed by atoms with E-state index in [-0.39, 0.29) is 0 Å². The number of fused-ring (bicyclic) bond motifs is 10. The fourth-order valence-electron chi connectivity index (χ4n) is 9.68. The van der Waals surface area contributed by atoms with Crippen molar-refractivity contribution in [3.8, 4) is 16.8 Å². The fourth-order valence-corrected chi connectivity index (χ4v) is 9.68. The van der Waals surface area contributed by atoms with Crippen LogP contribution in [-0.2, 0) is 6.42 Å². The molecule has 9 aromatic rings. The Morgan fingerprint density at radius 1 is 0.554 bits per heavy atom. The molecule has 8 aromatic carbocycles. The number of hydrogen-bond donors (Lipinski definition) is 0. The number of nitrogens with zero attached hydrogens (tertiary/aromatic N) is 2. The molecule has 56 heavy (non-hydrogen) atoms. The van der Waals surface area contributed by atoms with E-state index < -0.39 is 0 Å². The van der Waals surface area contributed by atoms with Gasteiger partial charge >= 0.3 is 0 Å². The molecule has 1 aromatic heterocycles. The van der Waals surface area contributed by atoms with Crippen LogP contribution in [0.15, 0.2) is 170 Å². The van der Waals surface area contributed by atoms with Gasteiger partial charge < -0.3 is 9.47 Å². The SMILES string of the molecule is CC1C=Cc2c3c(c4cccc(N(c5ccccc5)c5ccc6c7ccccc7n(-c7ccc(-c8ccc9ccccc9c8)cc7)c6c5)c4c2C1)C=CCC3C. The molecule has 0 bridgehead atoms. The quantitative estimate of drug-likeness (QED) is 0.172. The van der Waals surface area contributed by atoms with Gasteiger partial charge in [-0.1, -0.05) is 141 Å². The summed E-state index contributed by atoms with van der Waals surface area (Å²) in [7, 11) is 0. The maximum Gasteiger partial charge on any atom is 0.0561 e. The number of rotatable bonds is 5. The molecule has 0 saturated heterocycles. The van der Waals surface area contributed by atoms with Crippen molar-refractivity contribution in [2.75, 3.05) is 4.90 Å². The largest absolute Gasteiger partial charge is 0.310 e. The zero-order chi connectivity index (χ0) is 37.3. The molecule has 2 atom stereocenters. The van der Waals surface area contributed by atoms with E-state index in [4.69, 9.17) is 0 Å². The molecule has 0 N–H and O–H groups in total. The summed E-state index contributed by atoms with van der Waals surface area (Å²) in [4.78, 5) is 2.50. The van der Waals surface area contributed by atoms with Crippen molar-refractivity contribution in [1.29, 1.82) is 0 Å². The first-order valence-corrected chi connectivity index (χ1v) is 20.0. The molecular weight excluding hydrogens is 677 g/mol. The first-order valence-electron chi connectivity index (χ1n) is 20.0. The number of allylic oxidation sites excluding steroid dienone is 2. The maximum absolute atomic E-state index is 2.50. The molecule has 2 unspecified atom stereocenters. The molecule has 2 aliphatic carbocycles. The smallest absolute Gasteiger partial charge is 0.0561 e. The van der Waals surface area contributed by atoms with E-state index in [9.17, 15) is 0 Å². The van der Waals surface area contributed by atoms with Gasteiger partial charge in [0.05, 0.1) is 16.7 Å². The van der Waals surface area contributed by atoms with Crippen LogP contribution in [0.5, 0.6) is 0 Å². The molecule has 0 saturated carbocycles. The van der Waals surface area contributed by atoms with Crippen LogP contribution < -0.4 is 4.90 Å². The molecule has 268 valence electrons. The van der Waals surface area contributed by atoms with Gasteiger partial charge in [0.25, 0.3) is 0 Å². The van der Waals surface area contributed by atoms with Gasteiger partial charge in [0, 0.05) is 33.2 Å². The summed E-state index contributed by atoms with van der Waals surface area (Å²) >= 11 is 0. The Kier molecular flexibility index (Phi) is 7.60. The Balaban J connectivity index is 1.13. The number of para-hydroxylation sites is 2. The Labute approximate surface area is 328 Å². The fraction of sp³-hybridized carbons (Fsp3) is 0.111. The molecule has 0 aliphatic heterocycles. The van der Waals surface area contributed by atoms with Crippen LogP contribution in [0.25, 0.3) is 72.3 Å². The van der Waals surface area contributed by atoms with Crippen LogP contribution in [0.1, 0.15) is 48.4 Å². The molecule has 2 aliphatic rings. The van der Waals surface area contributed by atoms with E-state index in [1.807, 2.05) is 0 Å². The number of hydrogen-bond acceptors (Lipinski definition) is 1. The third-order valence-electron chi connectivity index (χ3n) is 12.3. The lowest BCUT2D eigenvalue weighted by Crippen LogP contribution is -2.15. The predicted molar refractivity (Wildman–Crippen MR) is 240 cm³/mol. The van der Waals surface area contributed by atoms with Crippen LogP contribution in [-0.4, -0.2) is 4.57 Å². The summed E-state index contributed by atoms with van der Waals surface area (Å²) in [5.41, 5.74) is 15.3. The zero-order valence-corrected chi connectivity index (χ0v) is 31.8. The van der Waals surface area contributed by atoms with Gasteiger partial charge in [0.1, 0.15) is 0 Å². The Morgan fingerprint density at radius 2 is 1.30 bits per heavy atom. The van der Waals surface area contributed by atoms with E-state index in [1.54, 1.807) is 0 Å². The van der Waals surface area contributed by atoms with Gasteiger partial charge in [0.2, 0.25) is 0 Å². The minimum atomic E-state index is 0.483. The van der Waals surface area contributed by atoms with Crippen molar-refractivity contribution >= 4 is 72.6 Å². The van der Waals surface area contributed by atoms with E-state index >= 15 is 0 Å². The van der Waals surface area contributed by atoms with Crippen LogP contribution in [0, 0.1) is 5.92 Å². The van der Waals surface area contributed by atoms with Gasteiger partial charge in [-0.05, 0) is 129 Å². The summed E-state index contributed by atoms with van der Waals surface area (Å²) in [6.45, 7) is 4.75. The summed E-state index contributed by atoms with van der Waals surface area (Å²) in [6, 6.07) is 58.2. The average molecular weight is 719 g/mol. The molecule has 2 nitrogen and oxygen atoms in total. The minimum Gasteiger partial charge on any atom is -0.310 e. The maximum atomic E-state index is 2.50. The number of benzene rings is 8. The monoisotopic (exact) mass is 718 g/mol. The first kappa shape index (κ1) is 32.8. The summed E-state index contributed by atoms with van der Waals surface area (Å²) in [5, 5.41) is 7.74. The lowest BCUT2D eigenvalue weighted by atomic mass is 9.75. The summed E-state index contributed by atoms with van der Waals surface area (Å²) < 4.78 is 2.45. The second kappa shape index (κ2) is 13.0. The molecule has 0 amide bonds. The average Bonchev–Trinajstić information content (AvgIpc) is 3.58. The van der Waals surface area contributed by atoms with Gasteiger partial charge in [0.15, 0.2) is 0 Å². The molecular formula is C54H42N2. The van der Waals surface area contributed by atoms with Crippen molar-refractivity contribution < 1.29 is 0 Å². The van der Waals surface area contributed by atoms with Crippen LogP contribution >= 0.6 is 0 Å². The van der Waals surface area contributed by atoms with E-state index in [1.165, 1.54) is 82.4 Å². The second-order valence-electron chi connectivity index (χ2n) is 15.8.